The Hall–Kier alpha value is -2.93. The number of carbonyl (C=O) groups excluding carboxylic acids is 1. The first kappa shape index (κ1) is 14.0. The van der Waals surface area contributed by atoms with Gasteiger partial charge in [0.15, 0.2) is 0 Å². The number of para-hydroxylation sites is 1. The van der Waals surface area contributed by atoms with E-state index < -0.39 is 0 Å². The van der Waals surface area contributed by atoms with Crippen molar-refractivity contribution in [2.75, 3.05) is 11.9 Å². The van der Waals surface area contributed by atoms with Crippen molar-refractivity contribution in [3.63, 3.8) is 0 Å². The fraction of sp³-hybridized carbons (Fsp3) is 0.167. The van der Waals surface area contributed by atoms with Gasteiger partial charge in [-0.25, -0.2) is 4.79 Å². The third-order valence-electron chi connectivity index (χ3n) is 3.55. The van der Waals surface area contributed by atoms with Crippen LogP contribution >= 0.6 is 0 Å². The van der Waals surface area contributed by atoms with Gasteiger partial charge in [0.1, 0.15) is 5.75 Å². The highest BCUT2D eigenvalue weighted by atomic mass is 16.5. The normalized spacial score (nSPS) is 15.9. The molecule has 0 fully saturated rings. The van der Waals surface area contributed by atoms with E-state index >= 15 is 0 Å². The number of terminal acetylenes is 1. The summed E-state index contributed by atoms with van der Waals surface area (Å²) in [6.07, 6.45) is 6.10. The van der Waals surface area contributed by atoms with Crippen LogP contribution in [0, 0.1) is 12.3 Å². The molecule has 0 aliphatic carbocycles. The van der Waals surface area contributed by atoms with Gasteiger partial charge in [-0.3, -0.25) is 0 Å². The lowest BCUT2D eigenvalue weighted by molar-refractivity contribution is 0.232. The molecule has 0 unspecified atom stereocenters. The Morgan fingerprint density at radius 1 is 1.23 bits per heavy atom. The zero-order valence-corrected chi connectivity index (χ0v) is 12.0. The lowest BCUT2D eigenvalue weighted by Crippen LogP contribution is -2.35. The summed E-state index contributed by atoms with van der Waals surface area (Å²) in [6.45, 7) is 0.592. The van der Waals surface area contributed by atoms with Crippen LogP contribution in [0.25, 0.3) is 0 Å². The highest BCUT2D eigenvalue weighted by Crippen LogP contribution is 2.31. The number of hydrogen-bond acceptors (Lipinski definition) is 2. The maximum atomic E-state index is 12.2. The van der Waals surface area contributed by atoms with E-state index in [0.717, 1.165) is 23.3 Å². The van der Waals surface area contributed by atoms with Crippen LogP contribution in [0.15, 0.2) is 48.5 Å². The number of ether oxygens (including phenoxy) is 1. The number of benzene rings is 2. The molecule has 1 atom stereocenters. The highest BCUT2D eigenvalue weighted by Gasteiger charge is 2.22. The van der Waals surface area contributed by atoms with Gasteiger partial charge in [-0.15, -0.1) is 6.42 Å². The number of anilines is 1. The molecule has 4 nitrogen and oxygen atoms in total. The summed E-state index contributed by atoms with van der Waals surface area (Å²) in [5.74, 6) is 3.37. The second-order valence-electron chi connectivity index (χ2n) is 5.05. The van der Waals surface area contributed by atoms with Gasteiger partial charge in [0.05, 0.1) is 12.6 Å². The fourth-order valence-electron chi connectivity index (χ4n) is 2.50. The van der Waals surface area contributed by atoms with Crippen molar-refractivity contribution in [3.05, 3.63) is 59.7 Å². The van der Waals surface area contributed by atoms with E-state index in [-0.39, 0.29) is 12.1 Å². The molecule has 0 spiro atoms. The van der Waals surface area contributed by atoms with Crippen LogP contribution in [0.3, 0.4) is 0 Å². The van der Waals surface area contributed by atoms with Gasteiger partial charge in [0.2, 0.25) is 0 Å². The zero-order chi connectivity index (χ0) is 15.4. The topological polar surface area (TPSA) is 50.4 Å². The molecule has 3 rings (SSSR count). The van der Waals surface area contributed by atoms with Crippen LogP contribution < -0.4 is 15.4 Å². The summed E-state index contributed by atoms with van der Waals surface area (Å²) in [4.78, 5) is 12.2. The molecule has 110 valence electrons. The number of carbonyl (C=O) groups is 1. The van der Waals surface area contributed by atoms with Gasteiger partial charge in [-0.05, 0) is 24.3 Å². The van der Waals surface area contributed by atoms with Crippen LogP contribution in [-0.4, -0.2) is 12.6 Å². The molecule has 1 aliphatic heterocycles. The molecule has 2 aromatic carbocycles. The molecule has 2 aromatic rings. The lowest BCUT2D eigenvalue weighted by Gasteiger charge is -2.26. The summed E-state index contributed by atoms with van der Waals surface area (Å²) in [5.41, 5.74) is 2.41. The predicted octanol–water partition coefficient (Wildman–Crippen LogP) is 3.31. The smallest absolute Gasteiger partial charge is 0.319 e. The number of amides is 2. The number of hydrogen-bond donors (Lipinski definition) is 2. The van der Waals surface area contributed by atoms with Crippen LogP contribution in [0.5, 0.6) is 5.75 Å². The quantitative estimate of drug-likeness (QED) is 0.834. The summed E-state index contributed by atoms with van der Waals surface area (Å²) >= 11 is 0. The molecule has 22 heavy (non-hydrogen) atoms. The van der Waals surface area contributed by atoms with Gasteiger partial charge < -0.3 is 15.4 Å². The van der Waals surface area contributed by atoms with Crippen LogP contribution in [0.1, 0.15) is 23.6 Å². The minimum atomic E-state index is -0.254. The Balaban J connectivity index is 1.69. The molecule has 0 aromatic heterocycles. The molecule has 0 saturated carbocycles. The van der Waals surface area contributed by atoms with E-state index in [9.17, 15) is 4.79 Å². The highest BCUT2D eigenvalue weighted by molar-refractivity contribution is 5.89. The van der Waals surface area contributed by atoms with Crippen molar-refractivity contribution in [1.82, 2.24) is 5.32 Å². The number of urea groups is 1. The summed E-state index contributed by atoms with van der Waals surface area (Å²) < 4.78 is 5.59. The van der Waals surface area contributed by atoms with Gasteiger partial charge in [0, 0.05) is 23.2 Å². The van der Waals surface area contributed by atoms with Crippen molar-refractivity contribution >= 4 is 11.7 Å². The van der Waals surface area contributed by atoms with Crippen LogP contribution in [-0.2, 0) is 0 Å². The third kappa shape index (κ3) is 3.04. The maximum Gasteiger partial charge on any atom is 0.319 e. The lowest BCUT2D eigenvalue weighted by atomic mass is 10.0. The van der Waals surface area contributed by atoms with E-state index in [0.29, 0.717) is 12.3 Å². The first-order chi connectivity index (χ1) is 10.8. The number of rotatable bonds is 2. The molecule has 1 aliphatic rings. The van der Waals surface area contributed by atoms with Crippen molar-refractivity contribution in [3.8, 4) is 18.1 Å². The molecule has 2 amide bonds. The van der Waals surface area contributed by atoms with Crippen molar-refractivity contribution in [2.45, 2.75) is 12.5 Å². The molecular weight excluding hydrogens is 276 g/mol. The Kier molecular flexibility index (Phi) is 3.97. The van der Waals surface area contributed by atoms with Gasteiger partial charge in [-0.1, -0.05) is 30.2 Å². The van der Waals surface area contributed by atoms with E-state index in [2.05, 4.69) is 16.6 Å². The largest absolute Gasteiger partial charge is 0.493 e. The summed E-state index contributed by atoms with van der Waals surface area (Å²) in [5, 5.41) is 5.79. The SMILES string of the molecule is C#Cc1cccc(NC(=O)N[C@@H]2CCOc3ccccc32)c1. The van der Waals surface area contributed by atoms with E-state index in [1.165, 1.54) is 0 Å². The predicted molar refractivity (Wildman–Crippen MR) is 85.8 cm³/mol. The first-order valence-corrected chi connectivity index (χ1v) is 7.12. The number of fused-ring (bicyclic) bond motifs is 1. The summed E-state index contributed by atoms with van der Waals surface area (Å²) in [7, 11) is 0. The molecule has 0 saturated heterocycles. The Labute approximate surface area is 129 Å². The second-order valence-corrected chi connectivity index (χ2v) is 5.05. The molecule has 0 radical (unpaired) electrons. The average molecular weight is 292 g/mol. The van der Waals surface area contributed by atoms with E-state index in [1.807, 2.05) is 36.4 Å². The van der Waals surface area contributed by atoms with Crippen molar-refractivity contribution in [2.24, 2.45) is 0 Å². The molecule has 4 heteroatoms. The van der Waals surface area contributed by atoms with Crippen molar-refractivity contribution in [1.29, 1.82) is 0 Å². The second kappa shape index (κ2) is 6.23. The zero-order valence-electron chi connectivity index (χ0n) is 12.0. The summed E-state index contributed by atoms with van der Waals surface area (Å²) in [6, 6.07) is 14.6. The minimum Gasteiger partial charge on any atom is -0.493 e. The van der Waals surface area contributed by atoms with Gasteiger partial charge in [-0.2, -0.15) is 0 Å². The van der Waals surface area contributed by atoms with E-state index in [4.69, 9.17) is 11.2 Å². The Bertz CT molecular complexity index is 734. The first-order valence-electron chi connectivity index (χ1n) is 7.12. The number of nitrogens with one attached hydrogen (secondary N) is 2. The monoisotopic (exact) mass is 292 g/mol. The molecule has 0 bridgehead atoms. The van der Waals surface area contributed by atoms with Crippen molar-refractivity contribution < 1.29 is 9.53 Å². The molecule has 1 heterocycles. The van der Waals surface area contributed by atoms with Gasteiger partial charge >= 0.3 is 6.03 Å². The average Bonchev–Trinajstić information content (AvgIpc) is 2.55. The van der Waals surface area contributed by atoms with Crippen LogP contribution in [0.2, 0.25) is 0 Å². The fourth-order valence-corrected chi connectivity index (χ4v) is 2.50. The third-order valence-corrected chi connectivity index (χ3v) is 3.55. The molecular formula is C18H16N2O2. The molecule has 2 N–H and O–H groups in total. The minimum absolute atomic E-state index is 0.0548. The van der Waals surface area contributed by atoms with E-state index in [1.54, 1.807) is 12.1 Å². The standard InChI is InChI=1S/C18H16N2O2/c1-2-13-6-5-7-14(12-13)19-18(21)20-16-10-11-22-17-9-4-3-8-15(16)17/h1,3-9,12,16H,10-11H2,(H2,19,20,21)/t16-/m1/s1. The van der Waals surface area contributed by atoms with Crippen LogP contribution in [0.4, 0.5) is 10.5 Å². The van der Waals surface area contributed by atoms with Gasteiger partial charge in [0.25, 0.3) is 0 Å². The Morgan fingerprint density at radius 2 is 2.09 bits per heavy atom. The Morgan fingerprint density at radius 3 is 2.95 bits per heavy atom. The maximum absolute atomic E-state index is 12.2.